The molecule has 4 atom stereocenters. The van der Waals surface area contributed by atoms with E-state index >= 15 is 0 Å². The van der Waals surface area contributed by atoms with E-state index < -0.39 is 30.0 Å². The molecule has 0 radical (unpaired) electrons. The summed E-state index contributed by atoms with van der Waals surface area (Å²) in [5, 5.41) is 18.0. The van der Waals surface area contributed by atoms with E-state index in [4.69, 9.17) is 5.73 Å². The number of carbonyl (C=O) groups is 4. The Kier molecular flexibility index (Phi) is 10.4. The number of carbonyl (C=O) groups excluding carboxylic acids is 3. The molecule has 32 heavy (non-hydrogen) atoms. The molecule has 2 heterocycles. The van der Waals surface area contributed by atoms with Crippen LogP contribution < -0.4 is 21.7 Å². The van der Waals surface area contributed by atoms with Crippen LogP contribution in [0.15, 0.2) is 0 Å². The zero-order valence-electron chi connectivity index (χ0n) is 19.3. The third-order valence-electron chi connectivity index (χ3n) is 6.10. The van der Waals surface area contributed by atoms with Gasteiger partial charge in [0.1, 0.15) is 18.1 Å². The van der Waals surface area contributed by atoms with Crippen LogP contribution in [0.3, 0.4) is 0 Å². The Hall–Kier alpha value is -2.20. The first-order chi connectivity index (χ1) is 15.2. The molecule has 0 aromatic carbocycles. The Labute approximate surface area is 190 Å². The number of hydrogen-bond acceptors (Lipinski definition) is 6. The first kappa shape index (κ1) is 26.1. The summed E-state index contributed by atoms with van der Waals surface area (Å²) in [5.74, 6) is -1.93. The van der Waals surface area contributed by atoms with Crippen LogP contribution in [-0.2, 0) is 19.2 Å². The molecule has 3 amide bonds. The van der Waals surface area contributed by atoms with Gasteiger partial charge < -0.3 is 31.7 Å². The van der Waals surface area contributed by atoms with Crippen molar-refractivity contribution in [2.75, 3.05) is 19.6 Å². The molecule has 10 nitrogen and oxygen atoms in total. The van der Waals surface area contributed by atoms with Crippen molar-refractivity contribution in [3.05, 3.63) is 0 Å². The molecule has 2 fully saturated rings. The van der Waals surface area contributed by atoms with E-state index in [2.05, 4.69) is 16.0 Å². The Morgan fingerprint density at radius 3 is 2.44 bits per heavy atom. The second kappa shape index (κ2) is 12.7. The molecule has 0 bridgehead atoms. The van der Waals surface area contributed by atoms with Crippen molar-refractivity contribution >= 4 is 23.7 Å². The minimum Gasteiger partial charge on any atom is -0.480 e. The van der Waals surface area contributed by atoms with Gasteiger partial charge in [0.15, 0.2) is 0 Å². The van der Waals surface area contributed by atoms with E-state index in [0.29, 0.717) is 38.8 Å². The smallest absolute Gasteiger partial charge is 0.326 e. The van der Waals surface area contributed by atoms with Gasteiger partial charge in [0.25, 0.3) is 0 Å². The lowest BCUT2D eigenvalue weighted by Gasteiger charge is -2.29. The number of nitrogens with two attached hydrogens (primary N) is 1. The molecule has 2 aliphatic heterocycles. The summed E-state index contributed by atoms with van der Waals surface area (Å²) in [6.07, 6.45) is 4.90. The van der Waals surface area contributed by atoms with E-state index in [1.165, 1.54) is 0 Å². The van der Waals surface area contributed by atoms with Crippen molar-refractivity contribution in [1.82, 2.24) is 20.9 Å². The number of carboxylic acid groups (broad SMARTS) is 1. The van der Waals surface area contributed by atoms with Gasteiger partial charge in [0.05, 0.1) is 6.04 Å². The highest BCUT2D eigenvalue weighted by molar-refractivity contribution is 5.94. The highest BCUT2D eigenvalue weighted by atomic mass is 16.4. The average molecular weight is 454 g/mol. The highest BCUT2D eigenvalue weighted by Crippen LogP contribution is 2.21. The number of aliphatic carboxylic acids is 1. The fourth-order valence-electron chi connectivity index (χ4n) is 4.39. The zero-order chi connectivity index (χ0) is 23.7. The lowest BCUT2D eigenvalue weighted by Crippen LogP contribution is -2.56. The number of likely N-dealkylation sites (tertiary alicyclic amines) is 1. The quantitative estimate of drug-likeness (QED) is 0.260. The van der Waals surface area contributed by atoms with Gasteiger partial charge in [-0.05, 0) is 70.4 Å². The third kappa shape index (κ3) is 7.44. The molecule has 0 saturated carbocycles. The summed E-state index contributed by atoms with van der Waals surface area (Å²) in [5.41, 5.74) is 5.47. The number of unbranched alkanes of at least 4 members (excludes halogenated alkanes) is 1. The summed E-state index contributed by atoms with van der Waals surface area (Å²) < 4.78 is 0. The second-order valence-corrected chi connectivity index (χ2v) is 9.21. The maximum absolute atomic E-state index is 13.1. The highest BCUT2D eigenvalue weighted by Gasteiger charge is 2.39. The van der Waals surface area contributed by atoms with E-state index in [9.17, 15) is 24.3 Å². The number of nitrogens with zero attached hydrogens (tertiary/aromatic N) is 1. The predicted molar refractivity (Wildman–Crippen MR) is 120 cm³/mol. The van der Waals surface area contributed by atoms with Crippen LogP contribution in [0, 0.1) is 5.92 Å². The maximum atomic E-state index is 13.1. The average Bonchev–Trinajstić information content (AvgIpc) is 3.43. The zero-order valence-corrected chi connectivity index (χ0v) is 19.3. The molecular formula is C22H39N5O5. The Bertz CT molecular complexity index is 665. The predicted octanol–water partition coefficient (Wildman–Crippen LogP) is -0.0413. The van der Waals surface area contributed by atoms with Gasteiger partial charge in [-0.1, -0.05) is 13.8 Å². The fraction of sp³-hybridized carbons (Fsp3) is 0.818. The van der Waals surface area contributed by atoms with Gasteiger partial charge in [-0.3, -0.25) is 14.4 Å². The van der Waals surface area contributed by atoms with Crippen LogP contribution in [-0.4, -0.2) is 77.5 Å². The van der Waals surface area contributed by atoms with Gasteiger partial charge in [0.2, 0.25) is 17.7 Å². The molecule has 6 N–H and O–H groups in total. The van der Waals surface area contributed by atoms with Gasteiger partial charge in [-0.2, -0.15) is 0 Å². The van der Waals surface area contributed by atoms with E-state index in [1.54, 1.807) is 4.90 Å². The number of nitrogens with one attached hydrogen (secondary N) is 3. The molecule has 0 aromatic rings. The lowest BCUT2D eigenvalue weighted by molar-refractivity contribution is -0.143. The van der Waals surface area contributed by atoms with Crippen molar-refractivity contribution < 1.29 is 24.3 Å². The first-order valence-electron chi connectivity index (χ1n) is 11.8. The second-order valence-electron chi connectivity index (χ2n) is 9.21. The van der Waals surface area contributed by atoms with Crippen molar-refractivity contribution in [2.24, 2.45) is 11.7 Å². The summed E-state index contributed by atoms with van der Waals surface area (Å²) in [4.78, 5) is 52.0. The van der Waals surface area contributed by atoms with Gasteiger partial charge in [0, 0.05) is 6.54 Å². The van der Waals surface area contributed by atoms with Crippen molar-refractivity contribution in [1.29, 1.82) is 0 Å². The van der Waals surface area contributed by atoms with Crippen molar-refractivity contribution in [3.8, 4) is 0 Å². The topological polar surface area (TPSA) is 154 Å². The first-order valence-corrected chi connectivity index (χ1v) is 11.8. The Morgan fingerprint density at radius 1 is 1.09 bits per heavy atom. The Balaban J connectivity index is 2.03. The van der Waals surface area contributed by atoms with Crippen LogP contribution >= 0.6 is 0 Å². The standard InChI is InChI=1S/C22H39N5O5/c1-14(2)13-17(19(28)25-16(22(31)32)7-3-4-10-23)26-20(29)18-9-6-12-27(18)21(30)15-8-5-11-24-15/h14-18,24H,3-13,23H2,1-2H3,(H,25,28)(H,26,29)(H,31,32). The molecule has 10 heteroatoms. The van der Waals surface area contributed by atoms with E-state index in [0.717, 1.165) is 25.8 Å². The van der Waals surface area contributed by atoms with E-state index in [1.807, 2.05) is 13.8 Å². The van der Waals surface area contributed by atoms with Crippen LogP contribution in [0.5, 0.6) is 0 Å². The summed E-state index contributed by atoms with van der Waals surface area (Å²) in [6, 6.07) is -2.74. The minimum absolute atomic E-state index is 0.0594. The minimum atomic E-state index is -1.11. The molecule has 182 valence electrons. The largest absolute Gasteiger partial charge is 0.480 e. The molecule has 0 spiro atoms. The summed E-state index contributed by atoms with van der Waals surface area (Å²) in [6.45, 7) is 5.64. The van der Waals surface area contributed by atoms with Gasteiger partial charge in [-0.15, -0.1) is 0 Å². The number of rotatable bonds is 12. The van der Waals surface area contributed by atoms with Crippen LogP contribution in [0.4, 0.5) is 0 Å². The van der Waals surface area contributed by atoms with Crippen molar-refractivity contribution in [3.63, 3.8) is 0 Å². The fourth-order valence-corrected chi connectivity index (χ4v) is 4.39. The summed E-state index contributed by atoms with van der Waals surface area (Å²) in [7, 11) is 0. The summed E-state index contributed by atoms with van der Waals surface area (Å²) >= 11 is 0. The Morgan fingerprint density at radius 2 is 1.84 bits per heavy atom. The maximum Gasteiger partial charge on any atom is 0.326 e. The molecular weight excluding hydrogens is 414 g/mol. The van der Waals surface area contributed by atoms with Crippen LogP contribution in [0.1, 0.15) is 65.2 Å². The third-order valence-corrected chi connectivity index (χ3v) is 6.10. The van der Waals surface area contributed by atoms with Gasteiger partial charge >= 0.3 is 5.97 Å². The normalized spacial score (nSPS) is 22.6. The van der Waals surface area contributed by atoms with Gasteiger partial charge in [-0.25, -0.2) is 4.79 Å². The monoisotopic (exact) mass is 453 g/mol. The lowest BCUT2D eigenvalue weighted by atomic mass is 10.0. The SMILES string of the molecule is CC(C)CC(NC(=O)C1CCCN1C(=O)C1CCCN1)C(=O)NC(CCCCN)C(=O)O. The molecule has 2 aliphatic rings. The van der Waals surface area contributed by atoms with Crippen LogP contribution in [0.2, 0.25) is 0 Å². The van der Waals surface area contributed by atoms with Crippen molar-refractivity contribution in [2.45, 2.75) is 89.4 Å². The van der Waals surface area contributed by atoms with E-state index in [-0.39, 0.29) is 30.2 Å². The number of amides is 3. The van der Waals surface area contributed by atoms with Crippen LogP contribution in [0.25, 0.3) is 0 Å². The molecule has 4 unspecified atom stereocenters. The number of hydrogen-bond donors (Lipinski definition) is 5. The molecule has 0 aromatic heterocycles. The molecule has 0 aliphatic carbocycles. The molecule has 2 rings (SSSR count). The molecule has 2 saturated heterocycles. The number of carboxylic acids is 1.